The number of aliphatic hydroxyl groups is 1. The first-order valence-electron chi connectivity index (χ1n) is 5.67. The molecule has 1 aliphatic heterocycles. The number of nitrogens with one attached hydrogen (secondary N) is 1. The van der Waals surface area contributed by atoms with Crippen LogP contribution in [0.25, 0.3) is 0 Å². The van der Waals surface area contributed by atoms with Crippen LogP contribution in [0.3, 0.4) is 0 Å². The summed E-state index contributed by atoms with van der Waals surface area (Å²) < 4.78 is 32.3. The third-order valence-corrected chi connectivity index (χ3v) is 4.90. The first-order chi connectivity index (χ1) is 8.82. The molecule has 1 fully saturated rings. The Balaban J connectivity index is 2.14. The maximum absolute atomic E-state index is 12.1. The van der Waals surface area contributed by atoms with Gasteiger partial charge in [-0.15, -0.1) is 0 Å². The summed E-state index contributed by atoms with van der Waals surface area (Å²) in [5, 5.41) is 10.0. The molecule has 0 radical (unpaired) electrons. The van der Waals surface area contributed by atoms with Crippen molar-refractivity contribution in [3.05, 3.63) is 22.7 Å². The summed E-state index contributed by atoms with van der Waals surface area (Å²) in [6.07, 6.45) is 0.408. The number of sulfonamides is 1. The predicted molar refractivity (Wildman–Crippen MR) is 74.1 cm³/mol. The van der Waals surface area contributed by atoms with Gasteiger partial charge in [-0.3, -0.25) is 0 Å². The highest BCUT2D eigenvalue weighted by Gasteiger charge is 2.34. The molecule has 0 aromatic heterocycles. The van der Waals surface area contributed by atoms with Crippen molar-refractivity contribution in [2.75, 3.05) is 25.5 Å². The number of anilines is 1. The van der Waals surface area contributed by atoms with Crippen LogP contribution in [-0.4, -0.2) is 38.9 Å². The Hall–Kier alpha value is -0.670. The summed E-state index contributed by atoms with van der Waals surface area (Å²) in [6.45, 7) is 0.467. The van der Waals surface area contributed by atoms with Crippen molar-refractivity contribution in [3.8, 4) is 0 Å². The van der Waals surface area contributed by atoms with E-state index in [9.17, 15) is 13.5 Å². The second-order valence-corrected chi connectivity index (χ2v) is 7.18. The Morgan fingerprint density at radius 2 is 2.26 bits per heavy atom. The smallest absolute Gasteiger partial charge is 0.242 e. The van der Waals surface area contributed by atoms with Gasteiger partial charge in [0.05, 0.1) is 12.3 Å². The van der Waals surface area contributed by atoms with Gasteiger partial charge in [-0.05, 0) is 18.2 Å². The number of hydrogen-bond acceptors (Lipinski definition) is 5. The molecular weight excluding hydrogens is 336 g/mol. The zero-order valence-corrected chi connectivity index (χ0v) is 12.5. The largest absolute Gasteiger partial charge is 0.398 e. The van der Waals surface area contributed by atoms with Crippen LogP contribution in [0.2, 0.25) is 0 Å². The first-order valence-corrected chi connectivity index (χ1v) is 7.95. The molecule has 1 heterocycles. The van der Waals surface area contributed by atoms with E-state index in [4.69, 9.17) is 10.5 Å². The first kappa shape index (κ1) is 14.7. The van der Waals surface area contributed by atoms with Gasteiger partial charge >= 0.3 is 0 Å². The Labute approximate surface area is 120 Å². The molecule has 4 N–H and O–H groups in total. The lowest BCUT2D eigenvalue weighted by Gasteiger charge is -2.20. The Bertz CT molecular complexity index is 570. The summed E-state index contributed by atoms with van der Waals surface area (Å²) in [6, 6.07) is 4.53. The van der Waals surface area contributed by atoms with Gasteiger partial charge in [-0.1, -0.05) is 15.9 Å². The summed E-state index contributed by atoms with van der Waals surface area (Å²) in [5.41, 5.74) is 4.70. The molecule has 1 unspecified atom stereocenters. The lowest BCUT2D eigenvalue weighted by atomic mass is 10.1. The van der Waals surface area contributed by atoms with Crippen LogP contribution in [0.15, 0.2) is 27.6 Å². The van der Waals surface area contributed by atoms with E-state index in [0.717, 1.165) is 0 Å². The topological polar surface area (TPSA) is 102 Å². The molecule has 1 saturated heterocycles. The van der Waals surface area contributed by atoms with E-state index in [0.29, 0.717) is 17.5 Å². The highest BCUT2D eigenvalue weighted by molar-refractivity contribution is 9.10. The van der Waals surface area contributed by atoms with Crippen LogP contribution in [-0.2, 0) is 14.8 Å². The van der Waals surface area contributed by atoms with Gasteiger partial charge in [-0.25, -0.2) is 13.1 Å². The van der Waals surface area contributed by atoms with Crippen molar-refractivity contribution < 1.29 is 18.3 Å². The zero-order chi connectivity index (χ0) is 14.1. The minimum atomic E-state index is -3.74. The zero-order valence-electron chi connectivity index (χ0n) is 10.1. The Kier molecular flexibility index (Phi) is 4.17. The van der Waals surface area contributed by atoms with Crippen molar-refractivity contribution in [2.24, 2.45) is 0 Å². The number of halogens is 1. The molecule has 6 nitrogen and oxygen atoms in total. The highest BCUT2D eigenvalue weighted by atomic mass is 79.9. The molecular formula is C11H15BrN2O4S. The van der Waals surface area contributed by atoms with Crippen LogP contribution < -0.4 is 10.5 Å². The molecule has 8 heteroatoms. The number of nitrogen functional groups attached to an aromatic ring is 1. The van der Waals surface area contributed by atoms with E-state index in [2.05, 4.69) is 20.7 Å². The van der Waals surface area contributed by atoms with E-state index in [1.54, 1.807) is 6.07 Å². The number of rotatable bonds is 4. The maximum atomic E-state index is 12.1. The fraction of sp³-hybridized carbons (Fsp3) is 0.455. The van der Waals surface area contributed by atoms with E-state index >= 15 is 0 Å². The monoisotopic (exact) mass is 350 g/mol. The van der Waals surface area contributed by atoms with Gasteiger partial charge in [-0.2, -0.15) is 0 Å². The molecule has 106 valence electrons. The number of ether oxygens (including phenoxy) is 1. The summed E-state index contributed by atoms with van der Waals surface area (Å²) in [4.78, 5) is -0.00165. The molecule has 0 saturated carbocycles. The van der Waals surface area contributed by atoms with Gasteiger partial charge in [0, 0.05) is 24.0 Å². The van der Waals surface area contributed by atoms with Gasteiger partial charge < -0.3 is 15.6 Å². The van der Waals surface area contributed by atoms with Crippen molar-refractivity contribution in [1.82, 2.24) is 4.72 Å². The molecule has 1 aromatic rings. The van der Waals surface area contributed by atoms with E-state index in [1.165, 1.54) is 12.1 Å². The molecule has 0 spiro atoms. The van der Waals surface area contributed by atoms with Crippen molar-refractivity contribution in [1.29, 1.82) is 0 Å². The molecule has 0 bridgehead atoms. The van der Waals surface area contributed by atoms with Crippen molar-refractivity contribution >= 4 is 31.6 Å². The van der Waals surface area contributed by atoms with Gasteiger partial charge in [0.2, 0.25) is 10.0 Å². The van der Waals surface area contributed by atoms with Gasteiger partial charge in [0.15, 0.2) is 0 Å². The Morgan fingerprint density at radius 3 is 2.84 bits per heavy atom. The summed E-state index contributed by atoms with van der Waals surface area (Å²) in [7, 11) is -3.74. The fourth-order valence-electron chi connectivity index (χ4n) is 1.81. The second-order valence-electron chi connectivity index (χ2n) is 4.53. The minimum Gasteiger partial charge on any atom is -0.398 e. The van der Waals surface area contributed by atoms with Crippen molar-refractivity contribution in [3.63, 3.8) is 0 Å². The van der Waals surface area contributed by atoms with Gasteiger partial charge in [0.1, 0.15) is 10.5 Å². The van der Waals surface area contributed by atoms with Crippen LogP contribution in [0.5, 0.6) is 0 Å². The maximum Gasteiger partial charge on any atom is 0.242 e. The molecule has 19 heavy (non-hydrogen) atoms. The van der Waals surface area contributed by atoms with Crippen LogP contribution in [0.1, 0.15) is 6.42 Å². The van der Waals surface area contributed by atoms with Crippen LogP contribution >= 0.6 is 15.9 Å². The Morgan fingerprint density at radius 1 is 1.53 bits per heavy atom. The van der Waals surface area contributed by atoms with Crippen LogP contribution in [0.4, 0.5) is 5.69 Å². The molecule has 1 atom stereocenters. The third kappa shape index (κ3) is 3.46. The van der Waals surface area contributed by atoms with Crippen LogP contribution in [0, 0.1) is 0 Å². The SMILES string of the molecule is Nc1cc(Br)ccc1S(=O)(=O)NCC1(O)CCOC1. The summed E-state index contributed by atoms with van der Waals surface area (Å²) >= 11 is 3.21. The normalized spacial score (nSPS) is 23.7. The van der Waals surface area contributed by atoms with E-state index in [1.807, 2.05) is 0 Å². The van der Waals surface area contributed by atoms with Crippen molar-refractivity contribution in [2.45, 2.75) is 16.9 Å². The average molecular weight is 351 g/mol. The summed E-state index contributed by atoms with van der Waals surface area (Å²) in [5.74, 6) is 0. The average Bonchev–Trinajstić information content (AvgIpc) is 2.74. The lowest BCUT2D eigenvalue weighted by molar-refractivity contribution is 0.0314. The molecule has 0 aliphatic carbocycles. The quantitative estimate of drug-likeness (QED) is 0.684. The second kappa shape index (κ2) is 5.37. The molecule has 2 rings (SSSR count). The van der Waals surface area contributed by atoms with Gasteiger partial charge in [0.25, 0.3) is 0 Å². The van der Waals surface area contributed by atoms with E-state index < -0.39 is 15.6 Å². The van der Waals surface area contributed by atoms with E-state index in [-0.39, 0.29) is 23.7 Å². The highest BCUT2D eigenvalue weighted by Crippen LogP contribution is 2.23. The molecule has 1 aliphatic rings. The number of hydrogen-bond donors (Lipinski definition) is 3. The standard InChI is InChI=1S/C11H15BrN2O4S/c12-8-1-2-10(9(13)5-8)19(16,17)14-6-11(15)3-4-18-7-11/h1-2,5,14-15H,3-4,6-7,13H2. The fourth-order valence-corrected chi connectivity index (χ4v) is 3.42. The minimum absolute atomic E-state index is 0.00165. The molecule has 0 amide bonds. The third-order valence-electron chi connectivity index (χ3n) is 2.94. The lowest BCUT2D eigenvalue weighted by Crippen LogP contribution is -2.43. The number of nitrogens with two attached hydrogens (primary N) is 1. The predicted octanol–water partition coefficient (Wildman–Crippen LogP) is 0.461. The number of benzene rings is 1. The molecule has 1 aromatic carbocycles.